The number of benzene rings is 3. The highest BCUT2D eigenvalue weighted by Crippen LogP contribution is 2.33. The molecule has 0 saturated heterocycles. The monoisotopic (exact) mass is 556 g/mol. The predicted molar refractivity (Wildman–Crippen MR) is 143 cm³/mol. The molecule has 2 aliphatic heterocycles. The summed E-state index contributed by atoms with van der Waals surface area (Å²) in [6.07, 6.45) is 0. The van der Waals surface area contributed by atoms with Gasteiger partial charge in [0.1, 0.15) is 0 Å². The van der Waals surface area contributed by atoms with Crippen molar-refractivity contribution in [1.82, 2.24) is 9.73 Å². The van der Waals surface area contributed by atoms with Crippen molar-refractivity contribution in [2.75, 3.05) is 6.54 Å². The SMILES string of the molecule is CC1[C@@H](C(N)=O)N=C(NS(=O)(=O)c2ccc(Cl)cc2)N2CC(c3ccccc3)C(c3ccc(Cl)cc3)=[N+]12. The Bertz CT molecular complexity index is 1510. The number of hydrazine groups is 1. The van der Waals surface area contributed by atoms with E-state index in [-0.39, 0.29) is 16.8 Å². The molecule has 0 spiro atoms. The van der Waals surface area contributed by atoms with E-state index in [0.717, 1.165) is 16.8 Å². The molecule has 1 amide bonds. The third kappa shape index (κ3) is 4.82. The van der Waals surface area contributed by atoms with Gasteiger partial charge in [-0.05, 0) is 54.1 Å². The Morgan fingerprint density at radius 2 is 1.59 bits per heavy atom. The van der Waals surface area contributed by atoms with E-state index in [1.54, 1.807) is 17.1 Å². The molecule has 3 aromatic carbocycles. The highest BCUT2D eigenvalue weighted by Gasteiger charge is 2.52. The van der Waals surface area contributed by atoms with Crippen LogP contribution in [0.5, 0.6) is 0 Å². The number of hydrogen-bond acceptors (Lipinski definition) is 5. The van der Waals surface area contributed by atoms with Crippen molar-refractivity contribution in [2.24, 2.45) is 10.7 Å². The van der Waals surface area contributed by atoms with Gasteiger partial charge < -0.3 is 5.73 Å². The number of guanidine groups is 1. The van der Waals surface area contributed by atoms with Crippen LogP contribution in [0, 0.1) is 0 Å². The number of primary amides is 1. The minimum absolute atomic E-state index is 0.0149. The molecule has 37 heavy (non-hydrogen) atoms. The smallest absolute Gasteiger partial charge is 0.266 e. The molecule has 0 fully saturated rings. The number of nitrogens with one attached hydrogen (secondary N) is 1. The molecule has 0 aromatic heterocycles. The number of halogens is 2. The quantitative estimate of drug-likeness (QED) is 0.469. The van der Waals surface area contributed by atoms with Gasteiger partial charge in [-0.1, -0.05) is 53.5 Å². The van der Waals surface area contributed by atoms with E-state index in [0.29, 0.717) is 16.6 Å². The molecule has 3 atom stereocenters. The Morgan fingerprint density at radius 3 is 2.19 bits per heavy atom. The fourth-order valence-electron chi connectivity index (χ4n) is 4.78. The zero-order valence-corrected chi connectivity index (χ0v) is 22.1. The molecule has 0 saturated carbocycles. The molecule has 2 aliphatic rings. The summed E-state index contributed by atoms with van der Waals surface area (Å²) in [7, 11) is -4.04. The zero-order valence-electron chi connectivity index (χ0n) is 19.8. The topological polar surface area (TPSA) is 108 Å². The largest absolute Gasteiger partial charge is 0.368 e. The van der Waals surface area contributed by atoms with Gasteiger partial charge in [0.15, 0.2) is 6.04 Å². The summed E-state index contributed by atoms with van der Waals surface area (Å²) < 4.78 is 31.1. The molecule has 0 aliphatic carbocycles. The van der Waals surface area contributed by atoms with Crippen molar-refractivity contribution < 1.29 is 17.9 Å². The fraction of sp³-hybridized carbons (Fsp3) is 0.192. The Hall–Kier alpha value is -3.40. The fourth-order valence-corrected chi connectivity index (χ4v) is 6.04. The third-order valence-electron chi connectivity index (χ3n) is 6.52. The molecular formula is C26H24Cl2N5O3S+. The summed E-state index contributed by atoms with van der Waals surface area (Å²) in [4.78, 5) is 17.0. The Labute approximate surface area is 225 Å². The Morgan fingerprint density at radius 1 is 1.00 bits per heavy atom. The lowest BCUT2D eigenvalue weighted by atomic mass is 9.90. The number of hydrogen-bond donors (Lipinski definition) is 2. The first-order valence-electron chi connectivity index (χ1n) is 11.6. The summed E-state index contributed by atoms with van der Waals surface area (Å²) in [6.45, 7) is 2.24. The minimum Gasteiger partial charge on any atom is -0.368 e. The van der Waals surface area contributed by atoms with Crippen LogP contribution in [0.15, 0.2) is 88.8 Å². The Balaban J connectivity index is 1.66. The van der Waals surface area contributed by atoms with Gasteiger partial charge in [0, 0.05) is 22.5 Å². The number of nitrogens with zero attached hydrogens (tertiary/aromatic N) is 3. The summed E-state index contributed by atoms with van der Waals surface area (Å²) in [5.41, 5.74) is 8.54. The number of hydrazone groups is 1. The van der Waals surface area contributed by atoms with Crippen molar-refractivity contribution in [3.63, 3.8) is 0 Å². The van der Waals surface area contributed by atoms with Crippen LogP contribution < -0.4 is 10.5 Å². The van der Waals surface area contributed by atoms with Crippen LogP contribution in [0.3, 0.4) is 0 Å². The van der Waals surface area contributed by atoms with Gasteiger partial charge in [-0.3, -0.25) is 4.79 Å². The minimum atomic E-state index is -4.04. The van der Waals surface area contributed by atoms with Crippen LogP contribution in [-0.4, -0.2) is 54.3 Å². The number of nitrogens with two attached hydrogens (primary N) is 1. The second kappa shape index (κ2) is 9.81. The van der Waals surface area contributed by atoms with Gasteiger partial charge in [-0.2, -0.15) is 0 Å². The lowest BCUT2D eigenvalue weighted by Gasteiger charge is -2.29. The number of carbonyl (C=O) groups excluding carboxylic acids is 1. The Kier molecular flexibility index (Phi) is 6.70. The van der Waals surface area contributed by atoms with Crippen molar-refractivity contribution in [3.8, 4) is 0 Å². The van der Waals surface area contributed by atoms with E-state index in [2.05, 4.69) is 9.71 Å². The van der Waals surface area contributed by atoms with Gasteiger partial charge in [0.25, 0.3) is 16.0 Å². The van der Waals surface area contributed by atoms with Gasteiger partial charge in [0.05, 0.1) is 17.4 Å². The number of fused-ring (bicyclic) bond motifs is 1. The second-order valence-corrected chi connectivity index (χ2v) is 11.4. The van der Waals surface area contributed by atoms with Crippen molar-refractivity contribution in [2.45, 2.75) is 29.8 Å². The maximum Gasteiger partial charge on any atom is 0.266 e. The van der Waals surface area contributed by atoms with E-state index in [1.807, 2.05) is 54.1 Å². The molecule has 3 N–H and O–H groups in total. The molecule has 2 heterocycles. The van der Waals surface area contributed by atoms with Crippen LogP contribution in [0.4, 0.5) is 0 Å². The lowest BCUT2D eigenvalue weighted by Crippen LogP contribution is -2.59. The average Bonchev–Trinajstić information content (AvgIpc) is 3.28. The summed E-state index contributed by atoms with van der Waals surface area (Å²) in [6, 6.07) is 21.6. The van der Waals surface area contributed by atoms with E-state index >= 15 is 0 Å². The molecule has 0 bridgehead atoms. The molecule has 190 valence electrons. The highest BCUT2D eigenvalue weighted by molar-refractivity contribution is 7.90. The van der Waals surface area contributed by atoms with Gasteiger partial charge in [-0.25, -0.2) is 18.1 Å². The van der Waals surface area contributed by atoms with E-state index < -0.39 is 28.0 Å². The second-order valence-electron chi connectivity index (χ2n) is 8.88. The molecule has 0 radical (unpaired) electrons. The number of rotatable bonds is 5. The molecule has 5 rings (SSSR count). The number of carbonyl (C=O) groups is 1. The standard InChI is InChI=1S/C26H23Cl2N5O3S/c1-16-23(25(29)34)30-26(31-37(35,36)21-13-11-20(28)12-14-21)32-15-22(17-5-3-2-4-6-17)24(33(16)32)18-7-9-19(27)10-8-18/h2-14,16,22-23H,15H2,1H3,(H2-,29,30,31,34)/p+1/t16?,22?,23-/m0/s1. The number of aliphatic imine (C=N–C) groups is 1. The zero-order chi connectivity index (χ0) is 26.3. The molecule has 8 nitrogen and oxygen atoms in total. The predicted octanol–water partition coefficient (Wildman–Crippen LogP) is 3.40. The lowest BCUT2D eigenvalue weighted by molar-refractivity contribution is -0.688. The van der Waals surface area contributed by atoms with Gasteiger partial charge >= 0.3 is 0 Å². The van der Waals surface area contributed by atoms with Crippen molar-refractivity contribution >= 4 is 50.8 Å². The van der Waals surface area contributed by atoms with Gasteiger partial charge in [-0.15, -0.1) is 9.69 Å². The number of sulfonamides is 1. The number of amides is 1. The van der Waals surface area contributed by atoms with Crippen LogP contribution in [0.1, 0.15) is 24.0 Å². The van der Waals surface area contributed by atoms with E-state index in [9.17, 15) is 13.2 Å². The maximum absolute atomic E-state index is 13.3. The van der Waals surface area contributed by atoms with Crippen molar-refractivity contribution in [1.29, 1.82) is 0 Å². The first-order chi connectivity index (χ1) is 17.7. The summed E-state index contributed by atoms with van der Waals surface area (Å²) in [5.74, 6) is -0.794. The summed E-state index contributed by atoms with van der Waals surface area (Å²) >= 11 is 12.1. The van der Waals surface area contributed by atoms with Crippen LogP contribution in [-0.2, 0) is 14.8 Å². The normalized spacial score (nSPS) is 21.4. The maximum atomic E-state index is 13.3. The molecule has 3 aromatic rings. The van der Waals surface area contributed by atoms with E-state index in [1.165, 1.54) is 24.3 Å². The summed E-state index contributed by atoms with van der Waals surface area (Å²) in [5, 5.41) is 2.77. The van der Waals surface area contributed by atoms with E-state index in [4.69, 9.17) is 28.9 Å². The molecule has 11 heteroatoms. The first-order valence-corrected chi connectivity index (χ1v) is 13.8. The van der Waals surface area contributed by atoms with Gasteiger partial charge in [0.2, 0.25) is 17.7 Å². The highest BCUT2D eigenvalue weighted by atomic mass is 35.5. The first kappa shape index (κ1) is 25.3. The molecule has 2 unspecified atom stereocenters. The van der Waals surface area contributed by atoms with Crippen LogP contribution in [0.25, 0.3) is 0 Å². The van der Waals surface area contributed by atoms with Crippen molar-refractivity contribution in [3.05, 3.63) is 100 Å². The van der Waals surface area contributed by atoms with Crippen LogP contribution >= 0.6 is 23.2 Å². The molecular weight excluding hydrogens is 533 g/mol. The van der Waals surface area contributed by atoms with Crippen LogP contribution in [0.2, 0.25) is 10.0 Å². The average molecular weight is 557 g/mol. The third-order valence-corrected chi connectivity index (χ3v) is 8.37.